The van der Waals surface area contributed by atoms with Crippen molar-refractivity contribution >= 4 is 22.7 Å². The SMILES string of the molecule is CCCCCn1c(Nc2ccccc2C(F)(F)F)nc2ccccc21. The Morgan fingerprint density at radius 1 is 1.00 bits per heavy atom. The first kappa shape index (κ1) is 17.3. The molecule has 3 rings (SSSR count). The molecule has 6 heteroatoms. The summed E-state index contributed by atoms with van der Waals surface area (Å²) in [5, 5.41) is 2.90. The Bertz CT molecular complexity index is 852. The number of fused-ring (bicyclic) bond motifs is 1. The standard InChI is InChI=1S/C19H20F3N3/c1-2-3-8-13-25-17-12-7-6-11-16(17)24-18(25)23-15-10-5-4-9-14(15)19(20,21)22/h4-7,9-12H,2-3,8,13H2,1H3,(H,23,24). The predicted molar refractivity (Wildman–Crippen MR) is 94.0 cm³/mol. The quantitative estimate of drug-likeness (QED) is 0.555. The second kappa shape index (κ2) is 7.17. The average Bonchev–Trinajstić information content (AvgIpc) is 2.92. The molecule has 0 aliphatic rings. The third-order valence-electron chi connectivity index (χ3n) is 4.12. The summed E-state index contributed by atoms with van der Waals surface area (Å²) in [6.45, 7) is 2.83. The number of benzene rings is 2. The summed E-state index contributed by atoms with van der Waals surface area (Å²) in [6, 6.07) is 13.1. The van der Waals surface area contributed by atoms with Crippen molar-refractivity contribution in [2.75, 3.05) is 5.32 Å². The Morgan fingerprint density at radius 3 is 2.48 bits per heavy atom. The summed E-state index contributed by atoms with van der Waals surface area (Å²) in [6.07, 6.45) is -1.33. The summed E-state index contributed by atoms with van der Waals surface area (Å²) in [5.74, 6) is 0.439. The fourth-order valence-corrected chi connectivity index (χ4v) is 2.88. The lowest BCUT2D eigenvalue weighted by atomic mass is 10.1. The second-order valence-electron chi connectivity index (χ2n) is 5.95. The van der Waals surface area contributed by atoms with E-state index in [0.717, 1.165) is 36.4 Å². The molecule has 0 amide bonds. The predicted octanol–water partition coefficient (Wildman–Crippen LogP) is 5.99. The largest absolute Gasteiger partial charge is 0.418 e. The number of halogens is 3. The van der Waals surface area contributed by atoms with Crippen molar-refractivity contribution in [1.29, 1.82) is 0 Å². The fraction of sp³-hybridized carbons (Fsp3) is 0.316. The van der Waals surface area contributed by atoms with Crippen LogP contribution in [0, 0.1) is 0 Å². The maximum absolute atomic E-state index is 13.2. The van der Waals surface area contributed by atoms with Crippen molar-refractivity contribution in [3.05, 3.63) is 54.1 Å². The highest BCUT2D eigenvalue weighted by molar-refractivity contribution is 5.80. The van der Waals surface area contributed by atoms with Crippen LogP contribution in [0.25, 0.3) is 11.0 Å². The van der Waals surface area contributed by atoms with Gasteiger partial charge < -0.3 is 9.88 Å². The molecule has 0 saturated heterocycles. The van der Waals surface area contributed by atoms with Crippen molar-refractivity contribution in [2.45, 2.75) is 38.9 Å². The van der Waals surface area contributed by atoms with Crippen molar-refractivity contribution in [1.82, 2.24) is 9.55 Å². The molecule has 0 radical (unpaired) electrons. The smallest absolute Gasteiger partial charge is 0.325 e. The number of anilines is 2. The number of aryl methyl sites for hydroxylation is 1. The van der Waals surface area contributed by atoms with Gasteiger partial charge in [0.1, 0.15) is 0 Å². The van der Waals surface area contributed by atoms with E-state index in [1.807, 2.05) is 28.8 Å². The van der Waals surface area contributed by atoms with Crippen molar-refractivity contribution in [2.24, 2.45) is 0 Å². The molecule has 0 spiro atoms. The van der Waals surface area contributed by atoms with Gasteiger partial charge in [0.05, 0.1) is 22.3 Å². The van der Waals surface area contributed by atoms with Crippen LogP contribution < -0.4 is 5.32 Å². The number of unbranched alkanes of at least 4 members (excludes halogenated alkanes) is 2. The normalized spacial score (nSPS) is 11.8. The molecule has 0 fully saturated rings. The third-order valence-corrected chi connectivity index (χ3v) is 4.12. The van der Waals surface area contributed by atoms with Crippen molar-refractivity contribution in [3.8, 4) is 0 Å². The number of nitrogens with one attached hydrogen (secondary N) is 1. The van der Waals surface area contributed by atoms with Gasteiger partial charge in [-0.3, -0.25) is 0 Å². The molecule has 1 aromatic heterocycles. The first-order chi connectivity index (χ1) is 12.0. The fourth-order valence-electron chi connectivity index (χ4n) is 2.88. The zero-order chi connectivity index (χ0) is 17.9. The van der Waals surface area contributed by atoms with Gasteiger partial charge in [0.25, 0.3) is 0 Å². The Labute approximate surface area is 144 Å². The number of aromatic nitrogens is 2. The molecule has 2 aromatic carbocycles. The molecule has 25 heavy (non-hydrogen) atoms. The van der Waals surface area contributed by atoms with Crippen LogP contribution in [0.4, 0.5) is 24.8 Å². The number of hydrogen-bond acceptors (Lipinski definition) is 2. The van der Waals surface area contributed by atoms with Crippen LogP contribution in [0.3, 0.4) is 0 Å². The molecule has 0 unspecified atom stereocenters. The number of hydrogen-bond donors (Lipinski definition) is 1. The summed E-state index contributed by atoms with van der Waals surface area (Å²) in [4.78, 5) is 4.49. The summed E-state index contributed by atoms with van der Waals surface area (Å²) in [5.41, 5.74) is 1.01. The zero-order valence-corrected chi connectivity index (χ0v) is 14.0. The molecular formula is C19H20F3N3. The van der Waals surface area contributed by atoms with E-state index in [4.69, 9.17) is 0 Å². The maximum atomic E-state index is 13.2. The lowest BCUT2D eigenvalue weighted by Gasteiger charge is -2.15. The number of para-hydroxylation sites is 3. The number of nitrogens with zero attached hydrogens (tertiary/aromatic N) is 2. The third kappa shape index (κ3) is 3.78. The van der Waals surface area contributed by atoms with Gasteiger partial charge in [0.2, 0.25) is 5.95 Å². The second-order valence-corrected chi connectivity index (χ2v) is 5.95. The van der Waals surface area contributed by atoms with Gasteiger partial charge >= 0.3 is 6.18 Å². The monoisotopic (exact) mass is 347 g/mol. The number of rotatable bonds is 6. The molecule has 0 atom stereocenters. The highest BCUT2D eigenvalue weighted by Gasteiger charge is 2.33. The van der Waals surface area contributed by atoms with Gasteiger partial charge in [-0.25, -0.2) is 4.98 Å². The Kier molecular flexibility index (Phi) is 4.97. The molecule has 0 saturated carbocycles. The van der Waals surface area contributed by atoms with E-state index >= 15 is 0 Å². The van der Waals surface area contributed by atoms with E-state index in [-0.39, 0.29) is 5.69 Å². The van der Waals surface area contributed by atoms with Crippen LogP contribution in [0.1, 0.15) is 31.7 Å². The number of alkyl halides is 3. The van der Waals surface area contributed by atoms with Crippen LogP contribution in [0.15, 0.2) is 48.5 Å². The van der Waals surface area contributed by atoms with Crippen molar-refractivity contribution in [3.63, 3.8) is 0 Å². The molecule has 0 aliphatic heterocycles. The number of imidazole rings is 1. The van der Waals surface area contributed by atoms with E-state index < -0.39 is 11.7 Å². The van der Waals surface area contributed by atoms with Gasteiger partial charge in [-0.1, -0.05) is 44.0 Å². The van der Waals surface area contributed by atoms with Crippen LogP contribution in [0.5, 0.6) is 0 Å². The summed E-state index contributed by atoms with van der Waals surface area (Å²) in [7, 11) is 0. The first-order valence-corrected chi connectivity index (χ1v) is 8.39. The Hall–Kier alpha value is -2.50. The highest BCUT2D eigenvalue weighted by atomic mass is 19.4. The van der Waals surface area contributed by atoms with Crippen LogP contribution in [-0.4, -0.2) is 9.55 Å². The van der Waals surface area contributed by atoms with Gasteiger partial charge in [-0.05, 0) is 30.7 Å². The Morgan fingerprint density at radius 2 is 1.72 bits per heavy atom. The van der Waals surface area contributed by atoms with E-state index in [9.17, 15) is 13.2 Å². The molecule has 3 aromatic rings. The van der Waals surface area contributed by atoms with Gasteiger partial charge in [-0.15, -0.1) is 0 Å². The van der Waals surface area contributed by atoms with E-state index in [1.54, 1.807) is 6.07 Å². The molecule has 132 valence electrons. The topological polar surface area (TPSA) is 29.9 Å². The highest BCUT2D eigenvalue weighted by Crippen LogP contribution is 2.36. The van der Waals surface area contributed by atoms with Crippen LogP contribution >= 0.6 is 0 Å². The van der Waals surface area contributed by atoms with Gasteiger partial charge in [0.15, 0.2) is 0 Å². The first-order valence-electron chi connectivity index (χ1n) is 8.39. The van der Waals surface area contributed by atoms with Gasteiger partial charge in [-0.2, -0.15) is 13.2 Å². The van der Waals surface area contributed by atoms with Gasteiger partial charge in [0, 0.05) is 6.54 Å². The molecule has 0 aliphatic carbocycles. The van der Waals surface area contributed by atoms with Crippen LogP contribution in [0.2, 0.25) is 0 Å². The molecule has 1 N–H and O–H groups in total. The minimum absolute atomic E-state index is 0.0158. The summed E-state index contributed by atoms with van der Waals surface area (Å²) < 4.78 is 41.7. The maximum Gasteiger partial charge on any atom is 0.418 e. The average molecular weight is 347 g/mol. The van der Waals surface area contributed by atoms with E-state index in [0.29, 0.717) is 12.5 Å². The Balaban J connectivity index is 2.00. The minimum Gasteiger partial charge on any atom is -0.325 e. The molecular weight excluding hydrogens is 327 g/mol. The summed E-state index contributed by atoms with van der Waals surface area (Å²) >= 11 is 0. The van der Waals surface area contributed by atoms with E-state index in [1.165, 1.54) is 12.1 Å². The molecule has 3 nitrogen and oxygen atoms in total. The van der Waals surface area contributed by atoms with Crippen LogP contribution in [-0.2, 0) is 12.7 Å². The zero-order valence-electron chi connectivity index (χ0n) is 14.0. The lowest BCUT2D eigenvalue weighted by molar-refractivity contribution is -0.136. The lowest BCUT2D eigenvalue weighted by Crippen LogP contribution is -2.11. The van der Waals surface area contributed by atoms with E-state index in [2.05, 4.69) is 17.2 Å². The molecule has 0 bridgehead atoms. The molecule has 1 heterocycles. The van der Waals surface area contributed by atoms with Crippen molar-refractivity contribution < 1.29 is 13.2 Å². The minimum atomic E-state index is -4.41.